The molecule has 1 aromatic rings. The van der Waals surface area contributed by atoms with Crippen LogP contribution < -0.4 is 0 Å². The van der Waals surface area contributed by atoms with Crippen LogP contribution in [0.4, 0.5) is 4.39 Å². The average molecular weight is 293 g/mol. The van der Waals surface area contributed by atoms with Crippen molar-refractivity contribution in [1.29, 1.82) is 0 Å². The standard InChI is InChI=1S/C11H14BrFOS/c1-14-6-3-7-15-8-9-4-2-5-10(13)11(9)12/h2,4-5H,3,6-8H2,1H3. The highest BCUT2D eigenvalue weighted by Gasteiger charge is 2.04. The van der Waals surface area contributed by atoms with Crippen LogP contribution in [0.15, 0.2) is 22.7 Å². The summed E-state index contributed by atoms with van der Waals surface area (Å²) in [5.74, 6) is 1.68. The van der Waals surface area contributed by atoms with Crippen LogP contribution in [0, 0.1) is 5.82 Å². The van der Waals surface area contributed by atoms with Crippen LogP contribution in [0.1, 0.15) is 12.0 Å². The van der Waals surface area contributed by atoms with Crippen molar-refractivity contribution < 1.29 is 9.13 Å². The minimum atomic E-state index is -0.190. The largest absolute Gasteiger partial charge is 0.385 e. The minimum Gasteiger partial charge on any atom is -0.385 e. The van der Waals surface area contributed by atoms with E-state index in [1.807, 2.05) is 6.07 Å². The van der Waals surface area contributed by atoms with Gasteiger partial charge in [0.2, 0.25) is 0 Å². The monoisotopic (exact) mass is 292 g/mol. The van der Waals surface area contributed by atoms with Crippen LogP contribution in [0.5, 0.6) is 0 Å². The third-order valence-electron chi connectivity index (χ3n) is 1.93. The van der Waals surface area contributed by atoms with Crippen molar-refractivity contribution in [2.75, 3.05) is 19.5 Å². The predicted molar refractivity (Wildman–Crippen MR) is 66.8 cm³/mol. The fourth-order valence-corrected chi connectivity index (χ4v) is 2.66. The molecule has 0 aliphatic rings. The molecule has 1 aromatic carbocycles. The van der Waals surface area contributed by atoms with Crippen LogP contribution >= 0.6 is 27.7 Å². The number of methoxy groups -OCH3 is 1. The van der Waals surface area contributed by atoms with E-state index < -0.39 is 0 Å². The molecule has 0 spiro atoms. The van der Waals surface area contributed by atoms with E-state index in [0.717, 1.165) is 30.1 Å². The Labute approximate surface area is 103 Å². The van der Waals surface area contributed by atoms with Gasteiger partial charge in [-0.2, -0.15) is 11.8 Å². The molecule has 15 heavy (non-hydrogen) atoms. The summed E-state index contributed by atoms with van der Waals surface area (Å²) in [6.07, 6.45) is 1.04. The quantitative estimate of drug-likeness (QED) is 0.737. The second kappa shape index (κ2) is 7.25. The van der Waals surface area contributed by atoms with E-state index >= 15 is 0 Å². The second-order valence-electron chi connectivity index (χ2n) is 3.11. The Balaban J connectivity index is 2.34. The topological polar surface area (TPSA) is 9.23 Å². The lowest BCUT2D eigenvalue weighted by Gasteiger charge is -2.05. The summed E-state index contributed by atoms with van der Waals surface area (Å²) in [4.78, 5) is 0. The Kier molecular flexibility index (Phi) is 6.29. The normalized spacial score (nSPS) is 10.6. The van der Waals surface area contributed by atoms with E-state index in [1.165, 1.54) is 6.07 Å². The molecule has 0 N–H and O–H groups in total. The molecular weight excluding hydrogens is 279 g/mol. The number of hydrogen-bond donors (Lipinski definition) is 0. The van der Waals surface area contributed by atoms with Crippen LogP contribution in [0.3, 0.4) is 0 Å². The molecule has 0 aliphatic carbocycles. The first-order valence-corrected chi connectivity index (χ1v) is 6.70. The maximum atomic E-state index is 13.1. The summed E-state index contributed by atoms with van der Waals surface area (Å²) >= 11 is 5.04. The fraction of sp³-hybridized carbons (Fsp3) is 0.455. The maximum Gasteiger partial charge on any atom is 0.137 e. The van der Waals surface area contributed by atoms with Crippen molar-refractivity contribution >= 4 is 27.7 Å². The number of rotatable bonds is 6. The van der Waals surface area contributed by atoms with E-state index in [9.17, 15) is 4.39 Å². The smallest absolute Gasteiger partial charge is 0.137 e. The van der Waals surface area contributed by atoms with E-state index in [-0.39, 0.29) is 5.82 Å². The fourth-order valence-electron chi connectivity index (χ4n) is 1.15. The third kappa shape index (κ3) is 4.53. The summed E-state index contributed by atoms with van der Waals surface area (Å²) in [6, 6.07) is 5.14. The van der Waals surface area contributed by atoms with Gasteiger partial charge in [0, 0.05) is 19.5 Å². The summed E-state index contributed by atoms with van der Waals surface area (Å²) < 4.78 is 18.7. The molecular formula is C11H14BrFOS. The highest BCUT2D eigenvalue weighted by atomic mass is 79.9. The van der Waals surface area contributed by atoms with Gasteiger partial charge in [0.1, 0.15) is 5.82 Å². The zero-order valence-corrected chi connectivity index (χ0v) is 11.0. The Morgan fingerprint density at radius 2 is 2.27 bits per heavy atom. The Morgan fingerprint density at radius 1 is 1.47 bits per heavy atom. The molecule has 0 bridgehead atoms. The summed E-state index contributed by atoms with van der Waals surface area (Å²) in [5, 5.41) is 0. The molecule has 1 rings (SSSR count). The first kappa shape index (κ1) is 13.0. The molecule has 84 valence electrons. The number of thioether (sulfide) groups is 1. The Hall–Kier alpha value is -0.0600. The Morgan fingerprint density at radius 3 is 3.00 bits per heavy atom. The summed E-state index contributed by atoms with van der Waals surface area (Å²) in [5.41, 5.74) is 1.01. The lowest BCUT2D eigenvalue weighted by molar-refractivity contribution is 0.200. The molecule has 0 saturated carbocycles. The van der Waals surface area contributed by atoms with E-state index in [1.54, 1.807) is 24.9 Å². The lowest BCUT2D eigenvalue weighted by Crippen LogP contribution is -1.92. The molecule has 0 unspecified atom stereocenters. The van der Waals surface area contributed by atoms with Gasteiger partial charge in [-0.3, -0.25) is 0 Å². The lowest BCUT2D eigenvalue weighted by atomic mass is 10.2. The highest BCUT2D eigenvalue weighted by Crippen LogP contribution is 2.24. The van der Waals surface area contributed by atoms with Crippen molar-refractivity contribution in [1.82, 2.24) is 0 Å². The van der Waals surface area contributed by atoms with Gasteiger partial charge in [-0.05, 0) is 39.7 Å². The van der Waals surface area contributed by atoms with Gasteiger partial charge in [-0.1, -0.05) is 12.1 Å². The highest BCUT2D eigenvalue weighted by molar-refractivity contribution is 9.10. The SMILES string of the molecule is COCCCSCc1cccc(F)c1Br. The van der Waals surface area contributed by atoms with Gasteiger partial charge < -0.3 is 4.74 Å². The van der Waals surface area contributed by atoms with Gasteiger partial charge in [0.25, 0.3) is 0 Å². The number of hydrogen-bond acceptors (Lipinski definition) is 2. The van der Waals surface area contributed by atoms with Crippen molar-refractivity contribution in [3.63, 3.8) is 0 Å². The van der Waals surface area contributed by atoms with Crippen LogP contribution in [0.25, 0.3) is 0 Å². The zero-order valence-electron chi connectivity index (χ0n) is 8.63. The second-order valence-corrected chi connectivity index (χ2v) is 5.01. The number of ether oxygens (including phenoxy) is 1. The van der Waals surface area contributed by atoms with Gasteiger partial charge in [-0.25, -0.2) is 4.39 Å². The summed E-state index contributed by atoms with van der Waals surface area (Å²) in [6.45, 7) is 0.789. The third-order valence-corrected chi connectivity index (χ3v) is 3.91. The van der Waals surface area contributed by atoms with E-state index in [0.29, 0.717) is 4.47 Å². The summed E-state index contributed by atoms with van der Waals surface area (Å²) in [7, 11) is 1.70. The molecule has 0 amide bonds. The molecule has 0 saturated heterocycles. The van der Waals surface area contributed by atoms with Gasteiger partial charge in [0.15, 0.2) is 0 Å². The molecule has 4 heteroatoms. The first-order chi connectivity index (χ1) is 7.25. The molecule has 0 aromatic heterocycles. The van der Waals surface area contributed by atoms with Crippen molar-refractivity contribution in [3.8, 4) is 0 Å². The average Bonchev–Trinajstić information content (AvgIpc) is 2.24. The number of benzene rings is 1. The van der Waals surface area contributed by atoms with Gasteiger partial charge in [0.05, 0.1) is 4.47 Å². The molecule has 0 atom stereocenters. The molecule has 0 fully saturated rings. The Bertz CT molecular complexity index is 307. The van der Waals surface area contributed by atoms with Crippen molar-refractivity contribution in [3.05, 3.63) is 34.1 Å². The van der Waals surface area contributed by atoms with Crippen molar-refractivity contribution in [2.24, 2.45) is 0 Å². The molecule has 1 nitrogen and oxygen atoms in total. The minimum absolute atomic E-state index is 0.190. The van der Waals surface area contributed by atoms with Gasteiger partial charge >= 0.3 is 0 Å². The van der Waals surface area contributed by atoms with Crippen LogP contribution in [-0.4, -0.2) is 19.5 Å². The predicted octanol–water partition coefficient (Wildman–Crippen LogP) is 3.86. The van der Waals surface area contributed by atoms with Crippen LogP contribution in [-0.2, 0) is 10.5 Å². The maximum absolute atomic E-state index is 13.1. The zero-order chi connectivity index (χ0) is 11.1. The van der Waals surface area contributed by atoms with E-state index in [4.69, 9.17) is 4.74 Å². The molecule has 0 heterocycles. The number of halogens is 2. The van der Waals surface area contributed by atoms with Crippen molar-refractivity contribution in [2.45, 2.75) is 12.2 Å². The van der Waals surface area contributed by atoms with E-state index in [2.05, 4.69) is 15.9 Å². The van der Waals surface area contributed by atoms with Gasteiger partial charge in [-0.15, -0.1) is 0 Å². The first-order valence-electron chi connectivity index (χ1n) is 4.75. The molecule has 0 aliphatic heterocycles. The molecule has 0 radical (unpaired) electrons. The van der Waals surface area contributed by atoms with Crippen LogP contribution in [0.2, 0.25) is 0 Å².